The molecular formula is C26H26N6O5. The quantitative estimate of drug-likeness (QED) is 0.144. The molecule has 3 aromatic rings. The molecule has 0 atom stereocenters. The lowest BCUT2D eigenvalue weighted by Crippen LogP contribution is -2.30. The zero-order valence-corrected chi connectivity index (χ0v) is 20.8. The summed E-state index contributed by atoms with van der Waals surface area (Å²) < 4.78 is 8.12. The molecule has 0 N–H and O–H groups in total. The van der Waals surface area contributed by atoms with Crippen molar-refractivity contribution in [2.75, 3.05) is 13.7 Å². The van der Waals surface area contributed by atoms with Crippen molar-refractivity contribution >= 4 is 22.6 Å². The first kappa shape index (κ1) is 26.9. The molecule has 0 radical (unpaired) electrons. The van der Waals surface area contributed by atoms with Gasteiger partial charge in [0.1, 0.15) is 17.4 Å². The zero-order valence-electron chi connectivity index (χ0n) is 20.8. The smallest absolute Gasteiger partial charge is 0.268 e. The fourth-order valence-electron chi connectivity index (χ4n) is 3.86. The van der Waals surface area contributed by atoms with E-state index in [1.165, 1.54) is 35.6 Å². The lowest BCUT2D eigenvalue weighted by molar-refractivity contribution is -0.420. The summed E-state index contributed by atoms with van der Waals surface area (Å²) in [5.41, 5.74) is 1.10. The van der Waals surface area contributed by atoms with Crippen LogP contribution in [0.25, 0.3) is 16.7 Å². The van der Waals surface area contributed by atoms with Crippen molar-refractivity contribution in [3.63, 3.8) is 0 Å². The second kappa shape index (κ2) is 11.8. The van der Waals surface area contributed by atoms with Crippen molar-refractivity contribution in [2.45, 2.75) is 33.2 Å². The van der Waals surface area contributed by atoms with Gasteiger partial charge < -0.3 is 9.30 Å². The fourth-order valence-corrected chi connectivity index (χ4v) is 3.86. The average Bonchev–Trinajstić information content (AvgIpc) is 2.86. The van der Waals surface area contributed by atoms with Crippen molar-refractivity contribution < 1.29 is 14.5 Å². The molecule has 0 unspecified atom stereocenters. The van der Waals surface area contributed by atoms with Gasteiger partial charge in [-0.2, -0.15) is 10.3 Å². The third kappa shape index (κ3) is 5.76. The third-order valence-electron chi connectivity index (χ3n) is 5.63. The third-order valence-corrected chi connectivity index (χ3v) is 5.63. The minimum atomic E-state index is -0.686. The maximum atomic E-state index is 13.3. The highest BCUT2D eigenvalue weighted by Gasteiger charge is 2.18. The van der Waals surface area contributed by atoms with Gasteiger partial charge in [0, 0.05) is 38.1 Å². The Balaban J connectivity index is 2.30. The number of carbonyl (C=O) groups excluding carboxylic acids is 1. The molecule has 1 amide bonds. The molecule has 3 rings (SSSR count). The lowest BCUT2D eigenvalue weighted by Gasteiger charge is -2.14. The SMILES string of the molecule is C=C/C=C/C(=C(\C)CC(=O)N=c1c(C#N)cc2c(=O)n3cccc(C)c3nc2n1CCCOC)[N+](=O)[O-]. The summed E-state index contributed by atoms with van der Waals surface area (Å²) in [4.78, 5) is 45.9. The van der Waals surface area contributed by atoms with Gasteiger partial charge in [0.15, 0.2) is 5.49 Å². The Morgan fingerprint density at radius 3 is 2.81 bits per heavy atom. The van der Waals surface area contributed by atoms with E-state index in [9.17, 15) is 25.0 Å². The highest BCUT2D eigenvalue weighted by atomic mass is 16.6. The summed E-state index contributed by atoms with van der Waals surface area (Å²) >= 11 is 0. The van der Waals surface area contributed by atoms with E-state index in [1.54, 1.807) is 23.9 Å². The monoisotopic (exact) mass is 502 g/mol. The summed E-state index contributed by atoms with van der Waals surface area (Å²) in [5, 5.41) is 21.5. The second-order valence-electron chi connectivity index (χ2n) is 8.23. The predicted molar refractivity (Wildman–Crippen MR) is 137 cm³/mol. The highest BCUT2D eigenvalue weighted by Crippen LogP contribution is 2.14. The topological polar surface area (TPSA) is 145 Å². The number of pyridine rings is 2. The maximum absolute atomic E-state index is 13.3. The van der Waals surface area contributed by atoms with Gasteiger partial charge in [0.05, 0.1) is 22.3 Å². The predicted octanol–water partition coefficient (Wildman–Crippen LogP) is 2.98. The van der Waals surface area contributed by atoms with Crippen LogP contribution in [0.2, 0.25) is 0 Å². The first-order valence-electron chi connectivity index (χ1n) is 11.4. The number of amides is 1. The van der Waals surface area contributed by atoms with Crippen LogP contribution in [0.5, 0.6) is 0 Å². The van der Waals surface area contributed by atoms with E-state index in [0.29, 0.717) is 18.7 Å². The van der Waals surface area contributed by atoms with Gasteiger partial charge in [0.25, 0.3) is 17.2 Å². The van der Waals surface area contributed by atoms with Gasteiger partial charge >= 0.3 is 0 Å². The van der Waals surface area contributed by atoms with Gasteiger partial charge in [-0.25, -0.2) is 4.98 Å². The lowest BCUT2D eigenvalue weighted by atomic mass is 10.1. The second-order valence-corrected chi connectivity index (χ2v) is 8.23. The van der Waals surface area contributed by atoms with E-state index in [1.807, 2.05) is 19.1 Å². The number of hydrogen-bond acceptors (Lipinski definition) is 7. The number of nitriles is 1. The number of nitro groups is 1. The molecule has 0 aliphatic rings. The van der Waals surface area contributed by atoms with Crippen LogP contribution in [0.1, 0.15) is 30.9 Å². The van der Waals surface area contributed by atoms with E-state index in [-0.39, 0.29) is 51.9 Å². The highest BCUT2D eigenvalue weighted by molar-refractivity contribution is 5.81. The van der Waals surface area contributed by atoms with E-state index in [2.05, 4.69) is 11.6 Å². The van der Waals surface area contributed by atoms with E-state index in [0.717, 1.165) is 5.56 Å². The number of ether oxygens (including phenoxy) is 1. The van der Waals surface area contributed by atoms with Crippen molar-refractivity contribution in [1.29, 1.82) is 5.26 Å². The van der Waals surface area contributed by atoms with Crippen LogP contribution in [-0.4, -0.2) is 38.5 Å². The van der Waals surface area contributed by atoms with Crippen molar-refractivity contribution in [1.82, 2.24) is 14.0 Å². The molecule has 0 bridgehead atoms. The molecule has 0 aliphatic carbocycles. The first-order valence-corrected chi connectivity index (χ1v) is 11.4. The van der Waals surface area contributed by atoms with Crippen LogP contribution in [0.3, 0.4) is 0 Å². The number of allylic oxidation sites excluding steroid dienone is 3. The number of rotatable bonds is 9. The van der Waals surface area contributed by atoms with Crippen LogP contribution in [0, 0.1) is 28.4 Å². The van der Waals surface area contributed by atoms with Crippen molar-refractivity contribution in [3.8, 4) is 6.07 Å². The molecule has 11 heteroatoms. The molecular weight excluding hydrogens is 476 g/mol. The molecule has 190 valence electrons. The minimum Gasteiger partial charge on any atom is -0.385 e. The first-order chi connectivity index (χ1) is 17.7. The number of hydrogen-bond donors (Lipinski definition) is 0. The van der Waals surface area contributed by atoms with Gasteiger partial charge in [-0.15, -0.1) is 0 Å². The molecule has 3 heterocycles. The molecule has 0 fully saturated rings. The maximum Gasteiger partial charge on any atom is 0.268 e. The standard InChI is InChI=1S/C26H26N6O5/c1-5-6-10-21(32(35)36)18(3)14-22(33)28-24-19(16-27)15-20-25(30(24)12-8-13-37-4)29-23-17(2)9-7-11-31(23)26(20)34/h5-7,9-11,15H,1,8,12-14H2,2-4H3/b10-6+,21-18-,28-24?. The Labute approximate surface area is 212 Å². The van der Waals surface area contributed by atoms with E-state index < -0.39 is 10.8 Å². The van der Waals surface area contributed by atoms with Gasteiger partial charge in [-0.1, -0.05) is 24.8 Å². The van der Waals surface area contributed by atoms with Crippen LogP contribution in [0.15, 0.2) is 70.3 Å². The molecule has 3 aromatic heterocycles. The zero-order chi connectivity index (χ0) is 27.1. The summed E-state index contributed by atoms with van der Waals surface area (Å²) in [7, 11) is 1.55. The normalized spacial score (nSPS) is 12.6. The average molecular weight is 503 g/mol. The number of aromatic nitrogens is 3. The van der Waals surface area contributed by atoms with E-state index in [4.69, 9.17) is 9.72 Å². The van der Waals surface area contributed by atoms with Crippen molar-refractivity contribution in [2.24, 2.45) is 4.99 Å². The van der Waals surface area contributed by atoms with Gasteiger partial charge in [-0.3, -0.25) is 24.1 Å². The van der Waals surface area contributed by atoms with Crippen LogP contribution >= 0.6 is 0 Å². The summed E-state index contributed by atoms with van der Waals surface area (Å²) in [6.07, 6.45) is 5.80. The summed E-state index contributed by atoms with van der Waals surface area (Å²) in [5.74, 6) is -0.686. The minimum absolute atomic E-state index is 0.00690. The fraction of sp³-hybridized carbons (Fsp3) is 0.269. The Hall–Kier alpha value is -4.69. The number of methoxy groups -OCH3 is 1. The van der Waals surface area contributed by atoms with Crippen LogP contribution in [-0.2, 0) is 16.1 Å². The van der Waals surface area contributed by atoms with Gasteiger partial charge in [0.2, 0.25) is 0 Å². The largest absolute Gasteiger partial charge is 0.385 e. The van der Waals surface area contributed by atoms with Crippen molar-refractivity contribution in [3.05, 3.63) is 97.6 Å². The molecule has 0 saturated heterocycles. The molecule has 11 nitrogen and oxygen atoms in total. The van der Waals surface area contributed by atoms with Crippen LogP contribution in [0.4, 0.5) is 0 Å². The molecule has 37 heavy (non-hydrogen) atoms. The number of aryl methyl sites for hydroxylation is 2. The molecule has 0 aliphatic heterocycles. The molecule has 0 spiro atoms. The number of fused-ring (bicyclic) bond motifs is 2. The van der Waals surface area contributed by atoms with Crippen LogP contribution < -0.4 is 11.0 Å². The summed E-state index contributed by atoms with van der Waals surface area (Å²) in [6.45, 7) is 7.43. The Morgan fingerprint density at radius 1 is 1.41 bits per heavy atom. The number of nitrogens with zero attached hydrogens (tertiary/aromatic N) is 6. The number of carbonyl (C=O) groups is 1. The summed E-state index contributed by atoms with van der Waals surface area (Å²) in [6, 6.07) is 6.94. The Morgan fingerprint density at radius 2 is 2.16 bits per heavy atom. The molecule has 0 saturated carbocycles. The Kier molecular flexibility index (Phi) is 8.60. The van der Waals surface area contributed by atoms with Gasteiger partial charge in [-0.05, 0) is 38.0 Å². The molecule has 0 aromatic carbocycles. The van der Waals surface area contributed by atoms with E-state index >= 15 is 0 Å². The Bertz CT molecular complexity index is 1640.